The van der Waals surface area contributed by atoms with Crippen molar-refractivity contribution in [1.29, 1.82) is 0 Å². The first-order valence-corrected chi connectivity index (χ1v) is 9.48. The number of carbonyl (C=O) groups excluding carboxylic acids is 1. The van der Waals surface area contributed by atoms with E-state index in [-0.39, 0.29) is 5.91 Å². The van der Waals surface area contributed by atoms with Gasteiger partial charge >= 0.3 is 0 Å². The Morgan fingerprint density at radius 2 is 1.92 bits per heavy atom. The van der Waals surface area contributed by atoms with E-state index in [9.17, 15) is 4.79 Å². The van der Waals surface area contributed by atoms with Gasteiger partial charge in [-0.15, -0.1) is 0 Å². The molecule has 2 aromatic rings. The van der Waals surface area contributed by atoms with E-state index in [1.165, 1.54) is 23.0 Å². The molecule has 0 aliphatic heterocycles. The van der Waals surface area contributed by atoms with Crippen molar-refractivity contribution < 1.29 is 4.79 Å². The van der Waals surface area contributed by atoms with E-state index in [0.29, 0.717) is 12.3 Å². The first kappa shape index (κ1) is 18.6. The number of imidazole rings is 1. The van der Waals surface area contributed by atoms with Crippen LogP contribution in [0.2, 0.25) is 0 Å². The van der Waals surface area contributed by atoms with Gasteiger partial charge in [0.2, 0.25) is 5.91 Å². The molecule has 0 unspecified atom stereocenters. The van der Waals surface area contributed by atoms with Crippen LogP contribution >= 0.6 is 11.8 Å². The Labute approximate surface area is 149 Å². The Morgan fingerprint density at radius 1 is 1.21 bits per heavy atom. The zero-order valence-corrected chi connectivity index (χ0v) is 15.9. The van der Waals surface area contributed by atoms with Crippen LogP contribution < -0.4 is 5.32 Å². The molecule has 1 aromatic carbocycles. The number of nitrogens with zero attached hydrogens (tertiary/aromatic N) is 2. The van der Waals surface area contributed by atoms with Gasteiger partial charge in [-0.3, -0.25) is 4.79 Å². The molecule has 2 rings (SSSR count). The molecular formula is C19H27N3OS. The summed E-state index contributed by atoms with van der Waals surface area (Å²) in [5.41, 5.74) is 4.60. The topological polar surface area (TPSA) is 46.9 Å². The number of aryl methyl sites for hydroxylation is 2. The Balaban J connectivity index is 1.87. The number of aromatic nitrogens is 2. The molecule has 0 aliphatic rings. The summed E-state index contributed by atoms with van der Waals surface area (Å²) in [6.07, 6.45) is 2.28. The van der Waals surface area contributed by atoms with Crippen LogP contribution in [-0.2, 0) is 17.9 Å². The van der Waals surface area contributed by atoms with E-state index in [1.54, 1.807) is 0 Å². The van der Waals surface area contributed by atoms with Crippen LogP contribution in [-0.4, -0.2) is 21.2 Å². The summed E-state index contributed by atoms with van der Waals surface area (Å²) >= 11 is 1.52. The number of thioether (sulfide) groups is 1. The number of carbonyl (C=O) groups is 1. The van der Waals surface area contributed by atoms with Gasteiger partial charge in [-0.05, 0) is 32.8 Å². The predicted octanol–water partition coefficient (Wildman–Crippen LogP) is 4.02. The zero-order valence-electron chi connectivity index (χ0n) is 15.1. The van der Waals surface area contributed by atoms with Gasteiger partial charge in [0.1, 0.15) is 0 Å². The Morgan fingerprint density at radius 3 is 2.58 bits per heavy atom. The lowest BCUT2D eigenvalue weighted by Crippen LogP contribution is -2.24. The van der Waals surface area contributed by atoms with Crippen LogP contribution in [0.3, 0.4) is 0 Å². The number of amides is 1. The molecule has 0 atom stereocenters. The normalized spacial score (nSPS) is 10.8. The van der Waals surface area contributed by atoms with Gasteiger partial charge in [0.15, 0.2) is 5.16 Å². The van der Waals surface area contributed by atoms with Crippen LogP contribution in [0.25, 0.3) is 0 Å². The molecule has 0 saturated carbocycles. The highest BCUT2D eigenvalue weighted by molar-refractivity contribution is 7.99. The van der Waals surface area contributed by atoms with Gasteiger partial charge in [-0.25, -0.2) is 4.98 Å². The Kier molecular flexibility index (Phi) is 6.91. The van der Waals surface area contributed by atoms with E-state index in [4.69, 9.17) is 0 Å². The quantitative estimate of drug-likeness (QED) is 0.735. The third-order valence-corrected chi connectivity index (χ3v) is 5.08. The Hall–Kier alpha value is -1.75. The maximum Gasteiger partial charge on any atom is 0.230 e. The van der Waals surface area contributed by atoms with Crippen molar-refractivity contribution in [3.8, 4) is 0 Å². The highest BCUT2D eigenvalue weighted by Crippen LogP contribution is 2.21. The van der Waals surface area contributed by atoms with Crippen LogP contribution in [0.4, 0.5) is 0 Å². The fourth-order valence-corrected chi connectivity index (χ4v) is 3.35. The smallest absolute Gasteiger partial charge is 0.230 e. The summed E-state index contributed by atoms with van der Waals surface area (Å²) in [4.78, 5) is 16.7. The second kappa shape index (κ2) is 8.92. The lowest BCUT2D eigenvalue weighted by Gasteiger charge is -2.09. The van der Waals surface area contributed by atoms with Crippen molar-refractivity contribution in [2.45, 2.75) is 58.8 Å². The molecule has 130 valence electrons. The molecule has 0 saturated heterocycles. The molecule has 1 N–H and O–H groups in total. The third kappa shape index (κ3) is 5.13. The standard InChI is InChI=1S/C19H27N3OS/c1-5-6-11-22-16(4)15(3)21-19(22)24-13-18(23)20-12-17-9-7-14(2)8-10-17/h7-10H,5-6,11-13H2,1-4H3,(H,20,23). The van der Waals surface area contributed by atoms with E-state index >= 15 is 0 Å². The second-order valence-electron chi connectivity index (χ2n) is 6.12. The molecule has 24 heavy (non-hydrogen) atoms. The maximum absolute atomic E-state index is 12.1. The van der Waals surface area contributed by atoms with Crippen LogP contribution in [0.15, 0.2) is 29.4 Å². The van der Waals surface area contributed by atoms with Gasteiger partial charge in [-0.1, -0.05) is 54.9 Å². The van der Waals surface area contributed by atoms with Gasteiger partial charge in [0.25, 0.3) is 0 Å². The summed E-state index contributed by atoms with van der Waals surface area (Å²) in [6.45, 7) is 9.91. The largest absolute Gasteiger partial charge is 0.351 e. The fourth-order valence-electron chi connectivity index (χ4n) is 2.40. The minimum absolute atomic E-state index is 0.0425. The lowest BCUT2D eigenvalue weighted by atomic mass is 10.1. The van der Waals surface area contributed by atoms with Crippen LogP contribution in [0, 0.1) is 20.8 Å². The van der Waals surface area contributed by atoms with Crippen molar-refractivity contribution in [2.24, 2.45) is 0 Å². The van der Waals surface area contributed by atoms with Crippen molar-refractivity contribution in [3.63, 3.8) is 0 Å². The number of benzene rings is 1. The van der Waals surface area contributed by atoms with E-state index in [1.807, 2.05) is 19.1 Å². The molecule has 0 bridgehead atoms. The van der Waals surface area contributed by atoms with Crippen LogP contribution in [0.1, 0.15) is 42.3 Å². The average Bonchev–Trinajstić information content (AvgIpc) is 2.84. The first-order valence-electron chi connectivity index (χ1n) is 8.50. The second-order valence-corrected chi connectivity index (χ2v) is 7.06. The molecule has 0 aliphatic carbocycles. The van der Waals surface area contributed by atoms with Crippen molar-refractivity contribution >= 4 is 17.7 Å². The van der Waals surface area contributed by atoms with Gasteiger partial charge < -0.3 is 9.88 Å². The highest BCUT2D eigenvalue weighted by atomic mass is 32.2. The van der Waals surface area contributed by atoms with E-state index in [2.05, 4.69) is 47.8 Å². The first-order chi connectivity index (χ1) is 11.5. The van der Waals surface area contributed by atoms with Gasteiger partial charge in [-0.2, -0.15) is 0 Å². The molecular weight excluding hydrogens is 318 g/mol. The third-order valence-electron chi connectivity index (χ3n) is 4.10. The molecule has 1 aromatic heterocycles. The minimum Gasteiger partial charge on any atom is -0.351 e. The average molecular weight is 346 g/mol. The monoisotopic (exact) mass is 345 g/mol. The molecule has 1 heterocycles. The summed E-state index contributed by atoms with van der Waals surface area (Å²) in [5.74, 6) is 0.439. The number of hydrogen-bond acceptors (Lipinski definition) is 3. The van der Waals surface area contributed by atoms with Gasteiger partial charge in [0.05, 0.1) is 11.4 Å². The summed E-state index contributed by atoms with van der Waals surface area (Å²) in [6, 6.07) is 8.22. The number of rotatable bonds is 8. The molecule has 4 nitrogen and oxygen atoms in total. The molecule has 0 spiro atoms. The molecule has 0 fully saturated rings. The lowest BCUT2D eigenvalue weighted by molar-refractivity contribution is -0.118. The summed E-state index contributed by atoms with van der Waals surface area (Å²) in [5, 5.41) is 3.92. The highest BCUT2D eigenvalue weighted by Gasteiger charge is 2.13. The van der Waals surface area contributed by atoms with Crippen molar-refractivity contribution in [3.05, 3.63) is 46.8 Å². The van der Waals surface area contributed by atoms with Crippen molar-refractivity contribution in [2.75, 3.05) is 5.75 Å². The van der Waals surface area contributed by atoms with E-state index in [0.717, 1.165) is 35.8 Å². The van der Waals surface area contributed by atoms with Crippen LogP contribution in [0.5, 0.6) is 0 Å². The number of unbranched alkanes of at least 4 members (excludes halogenated alkanes) is 1. The molecule has 1 amide bonds. The van der Waals surface area contributed by atoms with E-state index < -0.39 is 0 Å². The predicted molar refractivity (Wildman–Crippen MR) is 100 cm³/mol. The van der Waals surface area contributed by atoms with Crippen molar-refractivity contribution in [1.82, 2.24) is 14.9 Å². The molecule has 5 heteroatoms. The fraction of sp³-hybridized carbons (Fsp3) is 0.474. The molecule has 0 radical (unpaired) electrons. The summed E-state index contributed by atoms with van der Waals surface area (Å²) < 4.78 is 2.23. The Bertz CT molecular complexity index is 677. The summed E-state index contributed by atoms with van der Waals surface area (Å²) in [7, 11) is 0. The number of hydrogen-bond donors (Lipinski definition) is 1. The minimum atomic E-state index is 0.0425. The van der Waals surface area contributed by atoms with Gasteiger partial charge in [0, 0.05) is 18.8 Å². The zero-order chi connectivity index (χ0) is 17.5. The SMILES string of the molecule is CCCCn1c(SCC(=O)NCc2ccc(C)cc2)nc(C)c1C. The maximum atomic E-state index is 12.1. The number of nitrogens with one attached hydrogen (secondary N) is 1.